The van der Waals surface area contributed by atoms with E-state index in [0.29, 0.717) is 26.2 Å². The molecule has 0 unspecified atom stereocenters. The van der Waals surface area contributed by atoms with Gasteiger partial charge in [-0.2, -0.15) is 0 Å². The van der Waals surface area contributed by atoms with Gasteiger partial charge in [0, 0.05) is 12.0 Å². The molecule has 0 amide bonds. The lowest BCUT2D eigenvalue weighted by molar-refractivity contribution is -0.257. The summed E-state index contributed by atoms with van der Waals surface area (Å²) in [6.45, 7) is 3.05. The van der Waals surface area contributed by atoms with Gasteiger partial charge >= 0.3 is 5.97 Å². The van der Waals surface area contributed by atoms with E-state index in [2.05, 4.69) is 0 Å². The summed E-state index contributed by atoms with van der Waals surface area (Å²) in [7, 11) is 1.64. The molecule has 0 bridgehead atoms. The van der Waals surface area contributed by atoms with Gasteiger partial charge in [-0.1, -0.05) is 42.5 Å². The molecule has 0 saturated carbocycles. The summed E-state index contributed by atoms with van der Waals surface area (Å²) in [4.78, 5) is 11.9. The van der Waals surface area contributed by atoms with Crippen LogP contribution >= 0.6 is 0 Å². The lowest BCUT2D eigenvalue weighted by Crippen LogP contribution is -2.37. The van der Waals surface area contributed by atoms with Crippen LogP contribution in [0.1, 0.15) is 37.2 Å². The molecule has 29 heavy (non-hydrogen) atoms. The maximum atomic E-state index is 11.9. The van der Waals surface area contributed by atoms with Gasteiger partial charge in [-0.25, -0.2) is 0 Å². The molecule has 3 rings (SSSR count). The molecule has 0 aliphatic carbocycles. The third kappa shape index (κ3) is 6.56. The van der Waals surface area contributed by atoms with Crippen molar-refractivity contribution in [1.29, 1.82) is 0 Å². The number of hydrogen-bond donors (Lipinski definition) is 0. The fourth-order valence-corrected chi connectivity index (χ4v) is 3.23. The molecule has 6 heteroatoms. The number of ether oxygens (including phenoxy) is 5. The summed E-state index contributed by atoms with van der Waals surface area (Å²) in [5, 5.41) is 0. The maximum Gasteiger partial charge on any atom is 0.308 e. The van der Waals surface area contributed by atoms with E-state index in [1.54, 1.807) is 14.0 Å². The van der Waals surface area contributed by atoms with Gasteiger partial charge < -0.3 is 23.7 Å². The molecular weight excluding hydrogens is 372 g/mol. The van der Waals surface area contributed by atoms with E-state index in [9.17, 15) is 4.79 Å². The Morgan fingerprint density at radius 1 is 1.03 bits per heavy atom. The van der Waals surface area contributed by atoms with Gasteiger partial charge in [-0.05, 0) is 24.6 Å². The summed E-state index contributed by atoms with van der Waals surface area (Å²) >= 11 is 0. The highest BCUT2D eigenvalue weighted by atomic mass is 16.7. The van der Waals surface area contributed by atoms with Crippen molar-refractivity contribution in [3.63, 3.8) is 0 Å². The average molecular weight is 400 g/mol. The van der Waals surface area contributed by atoms with Crippen molar-refractivity contribution in [1.82, 2.24) is 0 Å². The van der Waals surface area contributed by atoms with E-state index in [0.717, 1.165) is 16.9 Å². The summed E-state index contributed by atoms with van der Waals surface area (Å²) < 4.78 is 28.2. The zero-order valence-corrected chi connectivity index (χ0v) is 16.9. The molecule has 0 N–H and O–H groups in total. The number of hydrogen-bond acceptors (Lipinski definition) is 6. The van der Waals surface area contributed by atoms with Crippen LogP contribution in [0.25, 0.3) is 0 Å². The molecule has 2 aromatic rings. The average Bonchev–Trinajstić information content (AvgIpc) is 2.75. The number of carbonyl (C=O) groups excluding carboxylic acids is 1. The molecule has 1 aliphatic rings. The van der Waals surface area contributed by atoms with E-state index in [1.165, 1.54) is 0 Å². The van der Waals surface area contributed by atoms with E-state index in [1.807, 2.05) is 54.6 Å². The number of carbonyl (C=O) groups is 1. The molecule has 6 nitrogen and oxygen atoms in total. The molecule has 1 fully saturated rings. The highest BCUT2D eigenvalue weighted by molar-refractivity contribution is 5.69. The summed E-state index contributed by atoms with van der Waals surface area (Å²) in [5.41, 5.74) is 1.97. The van der Waals surface area contributed by atoms with Gasteiger partial charge in [-0.3, -0.25) is 4.79 Å². The topological polar surface area (TPSA) is 63.2 Å². The number of rotatable bonds is 9. The monoisotopic (exact) mass is 400 g/mol. The van der Waals surface area contributed by atoms with E-state index < -0.39 is 6.29 Å². The van der Waals surface area contributed by atoms with Gasteiger partial charge in [0.2, 0.25) is 0 Å². The Balaban J connectivity index is 1.58. The zero-order valence-electron chi connectivity index (χ0n) is 16.9. The van der Waals surface area contributed by atoms with Gasteiger partial charge in [-0.15, -0.1) is 0 Å². The molecular formula is C23H28O6. The van der Waals surface area contributed by atoms with Crippen LogP contribution in [0.4, 0.5) is 0 Å². The molecule has 1 aliphatic heterocycles. The molecule has 0 aromatic heterocycles. The van der Waals surface area contributed by atoms with Gasteiger partial charge in [0.1, 0.15) is 5.75 Å². The standard InChI is InChI=1S/C23H28O6/c1-3-27-22(24)14-20-13-21(29-23(28-20)18-7-5-4-6-8-18)16-26-15-17-9-11-19(25-2)12-10-17/h4-12,20-21,23H,3,13-16H2,1-2H3/t20-,21+,23+/m1/s1. The van der Waals surface area contributed by atoms with Crippen molar-refractivity contribution >= 4 is 5.97 Å². The first kappa shape index (κ1) is 21.3. The maximum absolute atomic E-state index is 11.9. The van der Waals surface area contributed by atoms with Crippen molar-refractivity contribution < 1.29 is 28.5 Å². The van der Waals surface area contributed by atoms with Crippen molar-refractivity contribution in [2.45, 2.75) is 44.9 Å². The second-order valence-electron chi connectivity index (χ2n) is 6.87. The lowest BCUT2D eigenvalue weighted by atomic mass is 10.1. The fourth-order valence-electron chi connectivity index (χ4n) is 3.23. The van der Waals surface area contributed by atoms with Crippen LogP contribution < -0.4 is 4.74 Å². The Bertz CT molecular complexity index is 746. The number of methoxy groups -OCH3 is 1. The second kappa shape index (κ2) is 11.0. The number of esters is 1. The molecule has 1 saturated heterocycles. The van der Waals surface area contributed by atoms with Crippen molar-refractivity contribution in [3.05, 3.63) is 65.7 Å². The highest BCUT2D eigenvalue weighted by Crippen LogP contribution is 2.31. The van der Waals surface area contributed by atoms with E-state index in [4.69, 9.17) is 23.7 Å². The SMILES string of the molecule is CCOC(=O)C[C@H]1C[C@@H](COCc2ccc(OC)cc2)O[C@@H](c2ccccc2)O1. The van der Waals surface area contributed by atoms with Gasteiger partial charge in [0.25, 0.3) is 0 Å². The van der Waals surface area contributed by atoms with E-state index >= 15 is 0 Å². The lowest BCUT2D eigenvalue weighted by Gasteiger charge is -2.35. The molecule has 1 heterocycles. The van der Waals surface area contributed by atoms with Crippen molar-refractivity contribution in [2.24, 2.45) is 0 Å². The van der Waals surface area contributed by atoms with Crippen LogP contribution in [0.15, 0.2) is 54.6 Å². The predicted octanol–water partition coefficient (Wildman–Crippen LogP) is 4.04. The van der Waals surface area contributed by atoms with Gasteiger partial charge in [0.05, 0.1) is 45.6 Å². The van der Waals surface area contributed by atoms with Crippen LogP contribution in [0, 0.1) is 0 Å². The Hall–Kier alpha value is -2.41. The smallest absolute Gasteiger partial charge is 0.308 e. The summed E-state index contributed by atoms with van der Waals surface area (Å²) in [6.07, 6.45) is -0.200. The van der Waals surface area contributed by atoms with E-state index in [-0.39, 0.29) is 24.6 Å². The first-order valence-corrected chi connectivity index (χ1v) is 9.90. The Labute approximate surface area is 171 Å². The molecule has 0 spiro atoms. The molecule has 0 radical (unpaired) electrons. The Kier molecular flexibility index (Phi) is 8.04. The minimum Gasteiger partial charge on any atom is -0.497 e. The first-order chi connectivity index (χ1) is 14.2. The van der Waals surface area contributed by atoms with Crippen molar-refractivity contribution in [3.8, 4) is 5.75 Å². The van der Waals surface area contributed by atoms with Crippen LogP contribution in [-0.2, 0) is 30.3 Å². The van der Waals surface area contributed by atoms with Crippen molar-refractivity contribution in [2.75, 3.05) is 20.3 Å². The minimum absolute atomic E-state index is 0.174. The minimum atomic E-state index is -0.529. The third-order valence-corrected chi connectivity index (χ3v) is 4.66. The van der Waals surface area contributed by atoms with Crippen LogP contribution in [-0.4, -0.2) is 38.5 Å². The van der Waals surface area contributed by atoms with Crippen LogP contribution in [0.5, 0.6) is 5.75 Å². The predicted molar refractivity (Wildman–Crippen MR) is 107 cm³/mol. The highest BCUT2D eigenvalue weighted by Gasteiger charge is 2.32. The van der Waals surface area contributed by atoms with Gasteiger partial charge in [0.15, 0.2) is 6.29 Å². The summed E-state index contributed by atoms with van der Waals surface area (Å²) in [6, 6.07) is 17.5. The fraction of sp³-hybridized carbons (Fsp3) is 0.435. The Morgan fingerprint density at radius 2 is 1.76 bits per heavy atom. The molecule has 3 atom stereocenters. The second-order valence-corrected chi connectivity index (χ2v) is 6.87. The third-order valence-electron chi connectivity index (χ3n) is 4.66. The van der Waals surface area contributed by atoms with Crippen LogP contribution in [0.3, 0.4) is 0 Å². The first-order valence-electron chi connectivity index (χ1n) is 9.90. The number of benzene rings is 2. The quantitative estimate of drug-likeness (QED) is 0.592. The Morgan fingerprint density at radius 3 is 2.45 bits per heavy atom. The zero-order chi connectivity index (χ0) is 20.5. The molecule has 156 valence electrons. The largest absolute Gasteiger partial charge is 0.497 e. The normalized spacial score (nSPS) is 21.5. The molecule has 2 aromatic carbocycles. The summed E-state index contributed by atoms with van der Waals surface area (Å²) in [5.74, 6) is 0.554. The van der Waals surface area contributed by atoms with Crippen LogP contribution in [0.2, 0.25) is 0 Å².